The minimum absolute atomic E-state index is 0.155. The number of methoxy groups -OCH3 is 1. The molecule has 0 aliphatic rings. The summed E-state index contributed by atoms with van der Waals surface area (Å²) in [6, 6.07) is 5.03. The highest BCUT2D eigenvalue weighted by atomic mass is 16.5. The standard InChI is InChI=1S/C13H21N3O2/c1-16(2)8-4-7-15-13(17)11-9-10(14)5-6-12(11)18-3/h5-6,9H,4,7-8,14H2,1-3H3,(H,15,17). The SMILES string of the molecule is COc1ccc(N)cc1C(=O)NCCCN(C)C. The van der Waals surface area contributed by atoms with Crippen LogP contribution in [0.3, 0.4) is 0 Å². The average molecular weight is 251 g/mol. The zero-order chi connectivity index (χ0) is 13.5. The first kappa shape index (κ1) is 14.3. The highest BCUT2D eigenvalue weighted by Gasteiger charge is 2.11. The van der Waals surface area contributed by atoms with Crippen molar-refractivity contribution in [1.82, 2.24) is 10.2 Å². The normalized spacial score (nSPS) is 10.4. The number of rotatable bonds is 6. The van der Waals surface area contributed by atoms with E-state index in [0.29, 0.717) is 23.5 Å². The van der Waals surface area contributed by atoms with E-state index < -0.39 is 0 Å². The number of benzene rings is 1. The van der Waals surface area contributed by atoms with Crippen LogP contribution in [0.15, 0.2) is 18.2 Å². The van der Waals surface area contributed by atoms with E-state index >= 15 is 0 Å². The molecule has 1 aromatic rings. The van der Waals surface area contributed by atoms with Gasteiger partial charge in [-0.2, -0.15) is 0 Å². The minimum atomic E-state index is -0.155. The third kappa shape index (κ3) is 4.25. The highest BCUT2D eigenvalue weighted by Crippen LogP contribution is 2.20. The van der Waals surface area contributed by atoms with Crippen molar-refractivity contribution in [3.63, 3.8) is 0 Å². The number of nitrogen functional groups attached to an aromatic ring is 1. The van der Waals surface area contributed by atoms with Gasteiger partial charge in [0.2, 0.25) is 0 Å². The van der Waals surface area contributed by atoms with E-state index in [1.165, 1.54) is 7.11 Å². The quantitative estimate of drug-likeness (QED) is 0.583. The van der Waals surface area contributed by atoms with Crippen molar-refractivity contribution in [3.05, 3.63) is 23.8 Å². The summed E-state index contributed by atoms with van der Waals surface area (Å²) < 4.78 is 5.14. The molecule has 0 aromatic heterocycles. The smallest absolute Gasteiger partial charge is 0.255 e. The molecule has 0 atom stereocenters. The van der Waals surface area contributed by atoms with Crippen LogP contribution in [0.25, 0.3) is 0 Å². The van der Waals surface area contributed by atoms with E-state index in [2.05, 4.69) is 10.2 Å². The molecule has 100 valence electrons. The Morgan fingerprint density at radius 2 is 2.17 bits per heavy atom. The summed E-state index contributed by atoms with van der Waals surface area (Å²) in [5.74, 6) is 0.382. The van der Waals surface area contributed by atoms with E-state index in [1.54, 1.807) is 18.2 Å². The Hall–Kier alpha value is -1.75. The Labute approximate surface area is 108 Å². The molecule has 18 heavy (non-hydrogen) atoms. The number of anilines is 1. The number of carbonyl (C=O) groups is 1. The van der Waals surface area contributed by atoms with Gasteiger partial charge in [0.05, 0.1) is 12.7 Å². The molecule has 0 saturated heterocycles. The number of nitrogens with two attached hydrogens (primary N) is 1. The lowest BCUT2D eigenvalue weighted by Crippen LogP contribution is -2.27. The highest BCUT2D eigenvalue weighted by molar-refractivity contribution is 5.97. The maximum Gasteiger partial charge on any atom is 0.255 e. The number of hydrogen-bond acceptors (Lipinski definition) is 4. The van der Waals surface area contributed by atoms with Gasteiger partial charge in [-0.1, -0.05) is 0 Å². The Kier molecular flexibility index (Phi) is 5.45. The second-order valence-corrected chi connectivity index (χ2v) is 4.37. The monoisotopic (exact) mass is 251 g/mol. The number of hydrogen-bond donors (Lipinski definition) is 2. The maximum absolute atomic E-state index is 12.0. The van der Waals surface area contributed by atoms with Crippen molar-refractivity contribution >= 4 is 11.6 Å². The fourth-order valence-corrected chi connectivity index (χ4v) is 1.60. The molecule has 0 aliphatic heterocycles. The van der Waals surface area contributed by atoms with Crippen molar-refractivity contribution in [2.75, 3.05) is 40.0 Å². The lowest BCUT2D eigenvalue weighted by molar-refractivity contribution is 0.0949. The number of nitrogens with zero attached hydrogens (tertiary/aromatic N) is 1. The van der Waals surface area contributed by atoms with Crippen LogP contribution in [-0.4, -0.2) is 45.1 Å². The van der Waals surface area contributed by atoms with Crippen molar-refractivity contribution in [2.24, 2.45) is 0 Å². The van der Waals surface area contributed by atoms with Gasteiger partial charge in [-0.3, -0.25) is 4.79 Å². The van der Waals surface area contributed by atoms with Gasteiger partial charge in [0.15, 0.2) is 0 Å². The van der Waals surface area contributed by atoms with Crippen LogP contribution >= 0.6 is 0 Å². The van der Waals surface area contributed by atoms with E-state index in [1.807, 2.05) is 14.1 Å². The second-order valence-electron chi connectivity index (χ2n) is 4.37. The predicted octanol–water partition coefficient (Wildman–Crippen LogP) is 0.959. The molecule has 0 saturated carbocycles. The van der Waals surface area contributed by atoms with Crippen LogP contribution in [0.5, 0.6) is 5.75 Å². The summed E-state index contributed by atoms with van der Waals surface area (Å²) in [7, 11) is 5.54. The van der Waals surface area contributed by atoms with Crippen LogP contribution in [-0.2, 0) is 0 Å². The lowest BCUT2D eigenvalue weighted by atomic mass is 10.1. The van der Waals surface area contributed by atoms with Crippen molar-refractivity contribution in [3.8, 4) is 5.75 Å². The summed E-state index contributed by atoms with van der Waals surface area (Å²) in [6.45, 7) is 1.57. The fraction of sp³-hybridized carbons (Fsp3) is 0.462. The Morgan fingerprint density at radius 3 is 2.78 bits per heavy atom. The molecule has 0 bridgehead atoms. The van der Waals surface area contributed by atoms with Gasteiger partial charge < -0.3 is 20.7 Å². The van der Waals surface area contributed by atoms with Gasteiger partial charge in [-0.15, -0.1) is 0 Å². The molecule has 0 aliphatic carbocycles. The van der Waals surface area contributed by atoms with Crippen LogP contribution in [0.2, 0.25) is 0 Å². The van der Waals surface area contributed by atoms with E-state index in [0.717, 1.165) is 13.0 Å². The molecule has 0 spiro atoms. The van der Waals surface area contributed by atoms with Crippen molar-refractivity contribution < 1.29 is 9.53 Å². The second kappa shape index (κ2) is 6.86. The molecule has 0 fully saturated rings. The fourth-order valence-electron chi connectivity index (χ4n) is 1.60. The zero-order valence-electron chi connectivity index (χ0n) is 11.2. The third-order valence-corrected chi connectivity index (χ3v) is 2.54. The summed E-state index contributed by atoms with van der Waals surface area (Å²) in [4.78, 5) is 14.0. The van der Waals surface area contributed by atoms with Crippen LogP contribution in [0.4, 0.5) is 5.69 Å². The Bertz CT molecular complexity index is 405. The van der Waals surface area contributed by atoms with E-state index in [4.69, 9.17) is 10.5 Å². The first-order valence-electron chi connectivity index (χ1n) is 5.91. The van der Waals surface area contributed by atoms with Gasteiger partial charge in [-0.05, 0) is 45.3 Å². The first-order valence-corrected chi connectivity index (χ1v) is 5.91. The molecule has 3 N–H and O–H groups in total. The zero-order valence-corrected chi connectivity index (χ0v) is 11.2. The summed E-state index contributed by atoms with van der Waals surface area (Å²) in [5.41, 5.74) is 6.70. The lowest BCUT2D eigenvalue weighted by Gasteiger charge is -2.12. The molecular weight excluding hydrogens is 230 g/mol. The number of amides is 1. The molecule has 5 heteroatoms. The molecule has 1 amide bonds. The van der Waals surface area contributed by atoms with Gasteiger partial charge in [0, 0.05) is 12.2 Å². The summed E-state index contributed by atoms with van der Waals surface area (Å²) >= 11 is 0. The maximum atomic E-state index is 12.0. The van der Waals surface area contributed by atoms with Crippen molar-refractivity contribution in [1.29, 1.82) is 0 Å². The number of carbonyl (C=O) groups excluding carboxylic acids is 1. The molecule has 0 heterocycles. The third-order valence-electron chi connectivity index (χ3n) is 2.54. The van der Waals surface area contributed by atoms with Crippen LogP contribution in [0.1, 0.15) is 16.8 Å². The summed E-state index contributed by atoms with van der Waals surface area (Å²) in [5, 5.41) is 2.86. The number of nitrogens with one attached hydrogen (secondary N) is 1. The van der Waals surface area contributed by atoms with Crippen LogP contribution < -0.4 is 15.8 Å². The predicted molar refractivity (Wildman–Crippen MR) is 72.9 cm³/mol. The molecule has 0 unspecified atom stereocenters. The first-order chi connectivity index (χ1) is 8.54. The van der Waals surface area contributed by atoms with Gasteiger partial charge >= 0.3 is 0 Å². The Balaban J connectivity index is 2.58. The van der Waals surface area contributed by atoms with Crippen LogP contribution in [0, 0.1) is 0 Å². The Morgan fingerprint density at radius 1 is 1.44 bits per heavy atom. The molecule has 0 radical (unpaired) electrons. The molecular formula is C13H21N3O2. The summed E-state index contributed by atoms with van der Waals surface area (Å²) in [6.07, 6.45) is 0.906. The van der Waals surface area contributed by atoms with E-state index in [-0.39, 0.29) is 5.91 Å². The van der Waals surface area contributed by atoms with E-state index in [9.17, 15) is 4.79 Å². The average Bonchev–Trinajstić information content (AvgIpc) is 2.34. The number of ether oxygens (including phenoxy) is 1. The van der Waals surface area contributed by atoms with Gasteiger partial charge in [0.1, 0.15) is 5.75 Å². The van der Waals surface area contributed by atoms with Gasteiger partial charge in [0.25, 0.3) is 5.91 Å². The van der Waals surface area contributed by atoms with Crippen molar-refractivity contribution in [2.45, 2.75) is 6.42 Å². The van der Waals surface area contributed by atoms with Gasteiger partial charge in [-0.25, -0.2) is 0 Å². The molecule has 1 aromatic carbocycles. The largest absolute Gasteiger partial charge is 0.496 e. The minimum Gasteiger partial charge on any atom is -0.496 e. The topological polar surface area (TPSA) is 67.6 Å². The molecule has 1 rings (SSSR count). The molecule has 5 nitrogen and oxygen atoms in total.